The highest BCUT2D eigenvalue weighted by Gasteiger charge is 2.33. The molecule has 0 spiro atoms. The summed E-state index contributed by atoms with van der Waals surface area (Å²) in [7, 11) is 0. The largest absolute Gasteiger partial charge is 0.372 e. The molecule has 0 radical (unpaired) electrons. The highest BCUT2D eigenvalue weighted by molar-refractivity contribution is 5.94. The molecule has 2 saturated heterocycles. The summed E-state index contributed by atoms with van der Waals surface area (Å²) in [5.41, 5.74) is 3.65. The minimum absolute atomic E-state index is 0.00467. The Kier molecular flexibility index (Phi) is 6.14. The number of carbonyl (C=O) groups excluding carboxylic acids is 2. The number of benzene rings is 1. The zero-order chi connectivity index (χ0) is 22.1. The van der Waals surface area contributed by atoms with Gasteiger partial charge in [0, 0.05) is 43.4 Å². The number of aromatic nitrogens is 2. The standard InChI is InChI=1S/C24H32N4O3/c1-16-13-17(2)28(25-16)22-7-5-20(6-8-22)23(29)26-11-9-21(10-12-26)24(30)27-14-18(3)31-19(4)15-27/h5-8,13,18-19,21H,9-12,14-15H2,1-4H3. The van der Waals surface area contributed by atoms with Crippen LogP contribution in [0, 0.1) is 19.8 Å². The number of amides is 2. The monoisotopic (exact) mass is 424 g/mol. The van der Waals surface area contributed by atoms with Crippen molar-refractivity contribution >= 4 is 11.8 Å². The van der Waals surface area contributed by atoms with Gasteiger partial charge < -0.3 is 14.5 Å². The molecule has 0 saturated carbocycles. The number of aryl methyl sites for hydroxylation is 2. The number of morpholine rings is 1. The summed E-state index contributed by atoms with van der Waals surface area (Å²) < 4.78 is 7.63. The number of ether oxygens (including phenoxy) is 1. The van der Waals surface area contributed by atoms with Crippen molar-refractivity contribution < 1.29 is 14.3 Å². The summed E-state index contributed by atoms with van der Waals surface area (Å²) in [5, 5.41) is 4.50. The maximum absolute atomic E-state index is 13.0. The molecule has 31 heavy (non-hydrogen) atoms. The highest BCUT2D eigenvalue weighted by Crippen LogP contribution is 2.24. The van der Waals surface area contributed by atoms with Crippen molar-refractivity contribution in [3.8, 4) is 5.69 Å². The first-order valence-electron chi connectivity index (χ1n) is 11.2. The summed E-state index contributed by atoms with van der Waals surface area (Å²) in [6.45, 7) is 10.6. The second-order valence-electron chi connectivity index (χ2n) is 8.95. The van der Waals surface area contributed by atoms with Crippen LogP contribution in [-0.4, -0.2) is 69.8 Å². The van der Waals surface area contributed by atoms with E-state index in [0.29, 0.717) is 44.6 Å². The van der Waals surface area contributed by atoms with Gasteiger partial charge in [-0.3, -0.25) is 9.59 Å². The van der Waals surface area contributed by atoms with Crippen LogP contribution in [0.2, 0.25) is 0 Å². The van der Waals surface area contributed by atoms with E-state index in [1.807, 2.05) is 72.5 Å². The second kappa shape index (κ2) is 8.83. The zero-order valence-electron chi connectivity index (χ0n) is 18.9. The molecule has 2 aliphatic heterocycles. The van der Waals surface area contributed by atoms with Crippen molar-refractivity contribution in [1.29, 1.82) is 0 Å². The van der Waals surface area contributed by atoms with Gasteiger partial charge >= 0.3 is 0 Å². The Morgan fingerprint density at radius 3 is 2.13 bits per heavy atom. The molecule has 2 unspecified atom stereocenters. The SMILES string of the molecule is Cc1cc(C)n(-c2ccc(C(=O)N3CCC(C(=O)N4CC(C)OC(C)C4)CC3)cc2)n1. The van der Waals surface area contributed by atoms with Crippen molar-refractivity contribution in [3.05, 3.63) is 47.3 Å². The molecule has 1 aromatic carbocycles. The first kappa shape index (κ1) is 21.6. The van der Waals surface area contributed by atoms with E-state index in [1.165, 1.54) is 0 Å². The van der Waals surface area contributed by atoms with Gasteiger partial charge in [0.1, 0.15) is 0 Å². The molecule has 3 heterocycles. The number of hydrogen-bond acceptors (Lipinski definition) is 4. The number of rotatable bonds is 3. The van der Waals surface area contributed by atoms with Crippen LogP contribution >= 0.6 is 0 Å². The predicted octanol–water partition coefficient (Wildman–Crippen LogP) is 2.98. The molecule has 2 amide bonds. The Balaban J connectivity index is 1.35. The Morgan fingerprint density at radius 1 is 0.968 bits per heavy atom. The first-order chi connectivity index (χ1) is 14.8. The number of hydrogen-bond donors (Lipinski definition) is 0. The molecule has 0 N–H and O–H groups in total. The van der Waals surface area contributed by atoms with E-state index in [-0.39, 0.29) is 29.9 Å². The van der Waals surface area contributed by atoms with Crippen molar-refractivity contribution in [2.75, 3.05) is 26.2 Å². The van der Waals surface area contributed by atoms with Gasteiger partial charge in [0.05, 0.1) is 23.6 Å². The Labute approximate surface area is 184 Å². The van der Waals surface area contributed by atoms with Crippen molar-refractivity contribution in [1.82, 2.24) is 19.6 Å². The van der Waals surface area contributed by atoms with Gasteiger partial charge in [-0.25, -0.2) is 4.68 Å². The summed E-state index contributed by atoms with van der Waals surface area (Å²) >= 11 is 0. The third-order valence-corrected chi connectivity index (χ3v) is 6.23. The lowest BCUT2D eigenvalue weighted by molar-refractivity contribution is -0.148. The van der Waals surface area contributed by atoms with Gasteiger partial charge in [-0.15, -0.1) is 0 Å². The van der Waals surface area contributed by atoms with Crippen molar-refractivity contribution in [3.63, 3.8) is 0 Å². The lowest BCUT2D eigenvalue weighted by Gasteiger charge is -2.39. The summed E-state index contributed by atoms with van der Waals surface area (Å²) in [5.74, 6) is 0.234. The van der Waals surface area contributed by atoms with E-state index in [4.69, 9.17) is 4.74 Å². The minimum atomic E-state index is -0.00467. The third-order valence-electron chi connectivity index (χ3n) is 6.23. The van der Waals surface area contributed by atoms with E-state index in [9.17, 15) is 9.59 Å². The van der Waals surface area contributed by atoms with E-state index < -0.39 is 0 Å². The van der Waals surface area contributed by atoms with Crippen LogP contribution in [0.25, 0.3) is 5.69 Å². The number of carbonyl (C=O) groups is 2. The molecule has 2 aliphatic rings. The van der Waals surface area contributed by atoms with Crippen LogP contribution in [0.4, 0.5) is 0 Å². The van der Waals surface area contributed by atoms with Crippen molar-refractivity contribution in [2.24, 2.45) is 5.92 Å². The van der Waals surface area contributed by atoms with Gasteiger partial charge in [0.25, 0.3) is 5.91 Å². The average Bonchev–Trinajstić information content (AvgIpc) is 3.10. The van der Waals surface area contributed by atoms with Crippen LogP contribution < -0.4 is 0 Å². The van der Waals surface area contributed by atoms with Crippen molar-refractivity contribution in [2.45, 2.75) is 52.7 Å². The van der Waals surface area contributed by atoms with E-state index in [0.717, 1.165) is 17.1 Å². The summed E-state index contributed by atoms with van der Waals surface area (Å²) in [6.07, 6.45) is 1.59. The minimum Gasteiger partial charge on any atom is -0.372 e. The molecule has 166 valence electrons. The second-order valence-corrected chi connectivity index (χ2v) is 8.95. The Bertz CT molecular complexity index is 934. The number of likely N-dealkylation sites (tertiary alicyclic amines) is 1. The lowest BCUT2D eigenvalue weighted by Crippen LogP contribution is -2.51. The number of nitrogens with zero attached hydrogens (tertiary/aromatic N) is 4. The molecular formula is C24H32N4O3. The Morgan fingerprint density at radius 2 is 1.58 bits per heavy atom. The van der Waals surface area contributed by atoms with Gasteiger partial charge in [-0.1, -0.05) is 0 Å². The van der Waals surface area contributed by atoms with Crippen LogP contribution in [-0.2, 0) is 9.53 Å². The highest BCUT2D eigenvalue weighted by atomic mass is 16.5. The lowest BCUT2D eigenvalue weighted by atomic mass is 9.94. The molecule has 2 aromatic rings. The van der Waals surface area contributed by atoms with E-state index >= 15 is 0 Å². The molecule has 0 bridgehead atoms. The quantitative estimate of drug-likeness (QED) is 0.760. The molecule has 7 nitrogen and oxygen atoms in total. The first-order valence-corrected chi connectivity index (χ1v) is 11.2. The fraction of sp³-hybridized carbons (Fsp3) is 0.542. The molecule has 7 heteroatoms. The molecule has 2 atom stereocenters. The Hall–Kier alpha value is -2.67. The van der Waals surface area contributed by atoms with Gasteiger partial charge in [0.2, 0.25) is 5.91 Å². The maximum Gasteiger partial charge on any atom is 0.253 e. The fourth-order valence-corrected chi connectivity index (χ4v) is 4.76. The van der Waals surface area contributed by atoms with E-state index in [2.05, 4.69) is 5.10 Å². The number of piperidine rings is 1. The molecule has 1 aromatic heterocycles. The van der Waals surface area contributed by atoms with Gasteiger partial charge in [-0.2, -0.15) is 5.10 Å². The van der Waals surface area contributed by atoms with Crippen LogP contribution in [0.5, 0.6) is 0 Å². The smallest absolute Gasteiger partial charge is 0.253 e. The zero-order valence-corrected chi connectivity index (χ0v) is 18.9. The fourth-order valence-electron chi connectivity index (χ4n) is 4.76. The van der Waals surface area contributed by atoms with Crippen LogP contribution in [0.15, 0.2) is 30.3 Å². The molecular weight excluding hydrogens is 392 g/mol. The predicted molar refractivity (Wildman–Crippen MR) is 118 cm³/mol. The van der Waals surface area contributed by atoms with Gasteiger partial charge in [-0.05, 0) is 70.9 Å². The third kappa shape index (κ3) is 4.66. The maximum atomic E-state index is 13.0. The van der Waals surface area contributed by atoms with Crippen LogP contribution in [0.3, 0.4) is 0 Å². The normalized spacial score (nSPS) is 22.6. The topological polar surface area (TPSA) is 67.7 Å². The summed E-state index contributed by atoms with van der Waals surface area (Å²) in [6, 6.07) is 9.62. The summed E-state index contributed by atoms with van der Waals surface area (Å²) in [4.78, 5) is 29.7. The van der Waals surface area contributed by atoms with E-state index in [1.54, 1.807) is 0 Å². The van der Waals surface area contributed by atoms with Gasteiger partial charge in [0.15, 0.2) is 0 Å². The molecule has 4 rings (SSSR count). The average molecular weight is 425 g/mol. The molecule has 0 aliphatic carbocycles. The van der Waals surface area contributed by atoms with Crippen LogP contribution in [0.1, 0.15) is 48.4 Å². The molecule has 2 fully saturated rings.